The van der Waals surface area contributed by atoms with Crippen molar-refractivity contribution in [1.29, 1.82) is 15.8 Å². The van der Waals surface area contributed by atoms with Crippen molar-refractivity contribution in [2.24, 2.45) is 17.1 Å². The minimum absolute atomic E-state index is 0.0408. The minimum Gasteiger partial charge on any atom is -0.454 e. The quantitative estimate of drug-likeness (QED) is 0.846. The molecule has 1 aromatic carbocycles. The Morgan fingerprint density at radius 2 is 1.97 bits per heavy atom. The van der Waals surface area contributed by atoms with Gasteiger partial charge in [-0.3, -0.25) is 4.90 Å². The van der Waals surface area contributed by atoms with Crippen molar-refractivity contribution < 1.29 is 9.47 Å². The fraction of sp³-hybridized carbons (Fsp3) is 0.409. The van der Waals surface area contributed by atoms with Crippen LogP contribution in [-0.2, 0) is 0 Å². The lowest BCUT2D eigenvalue weighted by molar-refractivity contribution is 0.173. The Kier molecular flexibility index (Phi) is 4.66. The third-order valence-electron chi connectivity index (χ3n) is 6.04. The molecule has 0 bridgehead atoms. The van der Waals surface area contributed by atoms with Crippen LogP contribution in [0.3, 0.4) is 0 Å². The highest BCUT2D eigenvalue weighted by molar-refractivity contribution is 5.60. The van der Waals surface area contributed by atoms with Crippen LogP contribution in [-0.4, -0.2) is 31.3 Å². The topological polar surface area (TPSA) is 119 Å². The molecule has 2 atom stereocenters. The summed E-state index contributed by atoms with van der Waals surface area (Å²) in [5.41, 5.74) is 6.63. The van der Waals surface area contributed by atoms with Gasteiger partial charge in [-0.2, -0.15) is 15.8 Å². The van der Waals surface area contributed by atoms with E-state index in [1.807, 2.05) is 18.2 Å². The molecule has 7 heteroatoms. The van der Waals surface area contributed by atoms with Gasteiger partial charge in [-0.15, -0.1) is 0 Å². The Morgan fingerprint density at radius 3 is 2.66 bits per heavy atom. The molecule has 146 valence electrons. The van der Waals surface area contributed by atoms with Crippen LogP contribution in [0.2, 0.25) is 0 Å². The first kappa shape index (κ1) is 18.9. The summed E-state index contributed by atoms with van der Waals surface area (Å²) in [5.74, 6) is 0.511. The van der Waals surface area contributed by atoms with E-state index < -0.39 is 11.3 Å². The number of nitrogens with two attached hydrogens (primary N) is 1. The number of allylic oxidation sites excluding steroid dienone is 2. The predicted molar refractivity (Wildman–Crippen MR) is 104 cm³/mol. The molecule has 2 heterocycles. The van der Waals surface area contributed by atoms with Crippen molar-refractivity contribution in [3.63, 3.8) is 0 Å². The second kappa shape index (κ2) is 7.17. The van der Waals surface area contributed by atoms with Gasteiger partial charge in [0.15, 0.2) is 16.9 Å². The first-order valence-corrected chi connectivity index (χ1v) is 9.64. The standard InChI is InChI=1S/C22H21N5O2/c1-2-6-27-7-5-15-16(9-23)21(26)22(11-24,12-25)20(17(15)10-27)14-3-4-18-19(8-14)29-13-28-18/h3-5,8,17,20H,2,6-7,10,13,26H2,1H3. The maximum absolute atomic E-state index is 10.1. The van der Waals surface area contributed by atoms with Gasteiger partial charge in [-0.1, -0.05) is 19.1 Å². The Morgan fingerprint density at radius 1 is 1.21 bits per heavy atom. The van der Waals surface area contributed by atoms with Gasteiger partial charge in [0, 0.05) is 24.9 Å². The summed E-state index contributed by atoms with van der Waals surface area (Å²) < 4.78 is 10.9. The molecule has 4 rings (SSSR count). The van der Waals surface area contributed by atoms with E-state index in [2.05, 4.69) is 30.0 Å². The number of hydrogen-bond donors (Lipinski definition) is 1. The molecule has 2 aliphatic heterocycles. The first-order valence-electron chi connectivity index (χ1n) is 9.64. The van der Waals surface area contributed by atoms with Crippen molar-refractivity contribution in [3.05, 3.63) is 46.7 Å². The van der Waals surface area contributed by atoms with Crippen molar-refractivity contribution in [2.45, 2.75) is 19.3 Å². The van der Waals surface area contributed by atoms with Gasteiger partial charge in [-0.25, -0.2) is 0 Å². The molecule has 0 aromatic heterocycles. The third kappa shape index (κ3) is 2.73. The van der Waals surface area contributed by atoms with Gasteiger partial charge in [0.05, 0.1) is 23.4 Å². The number of fused-ring (bicyclic) bond motifs is 2. The monoisotopic (exact) mass is 387 g/mol. The lowest BCUT2D eigenvalue weighted by Crippen LogP contribution is -2.48. The second-order valence-electron chi connectivity index (χ2n) is 7.55. The van der Waals surface area contributed by atoms with Crippen LogP contribution in [0.1, 0.15) is 24.8 Å². The highest BCUT2D eigenvalue weighted by Crippen LogP contribution is 2.55. The zero-order chi connectivity index (χ0) is 20.6. The van der Waals surface area contributed by atoms with Crippen LogP contribution < -0.4 is 15.2 Å². The molecule has 1 aliphatic carbocycles. The van der Waals surface area contributed by atoms with E-state index in [4.69, 9.17) is 15.2 Å². The van der Waals surface area contributed by atoms with E-state index >= 15 is 0 Å². The van der Waals surface area contributed by atoms with Crippen molar-refractivity contribution in [3.8, 4) is 29.7 Å². The average molecular weight is 387 g/mol. The molecule has 0 saturated heterocycles. The van der Waals surface area contributed by atoms with E-state index in [-0.39, 0.29) is 24.0 Å². The lowest BCUT2D eigenvalue weighted by atomic mass is 9.58. The molecule has 1 aromatic rings. The highest BCUT2D eigenvalue weighted by atomic mass is 16.7. The molecule has 2 N–H and O–H groups in total. The molecule has 0 saturated carbocycles. The zero-order valence-corrected chi connectivity index (χ0v) is 16.2. The minimum atomic E-state index is -1.63. The van der Waals surface area contributed by atoms with Crippen LogP contribution in [0.15, 0.2) is 41.1 Å². The van der Waals surface area contributed by atoms with E-state index in [9.17, 15) is 15.8 Å². The Bertz CT molecular complexity index is 1020. The predicted octanol–water partition coefficient (Wildman–Crippen LogP) is 2.55. The Balaban J connectivity index is 1.93. The first-order chi connectivity index (χ1) is 14.1. The Labute approximate surface area is 169 Å². The SMILES string of the molecule is CCCN1CC=C2C(C#N)=C(N)C(C#N)(C#N)C(c3ccc4c(c3)OCO4)C2C1. The molecule has 3 aliphatic rings. The summed E-state index contributed by atoms with van der Waals surface area (Å²) in [6.07, 6.45) is 3.02. The molecule has 0 spiro atoms. The van der Waals surface area contributed by atoms with Gasteiger partial charge in [0.1, 0.15) is 6.07 Å². The van der Waals surface area contributed by atoms with E-state index in [0.29, 0.717) is 18.0 Å². The molecule has 0 fully saturated rings. The van der Waals surface area contributed by atoms with Gasteiger partial charge < -0.3 is 15.2 Å². The largest absolute Gasteiger partial charge is 0.454 e. The van der Waals surface area contributed by atoms with Gasteiger partial charge in [0.25, 0.3) is 0 Å². The number of ether oxygens (including phenoxy) is 2. The number of benzene rings is 1. The molecule has 2 unspecified atom stereocenters. The fourth-order valence-electron chi connectivity index (χ4n) is 4.72. The summed E-state index contributed by atoms with van der Waals surface area (Å²) in [6, 6.07) is 12.0. The molecular weight excluding hydrogens is 366 g/mol. The van der Waals surface area contributed by atoms with Crippen LogP contribution >= 0.6 is 0 Å². The normalized spacial score (nSPS) is 24.7. The summed E-state index contributed by atoms with van der Waals surface area (Å²) in [7, 11) is 0. The molecule has 29 heavy (non-hydrogen) atoms. The molecule has 0 amide bonds. The highest BCUT2D eigenvalue weighted by Gasteiger charge is 2.54. The number of hydrogen-bond acceptors (Lipinski definition) is 7. The molecule has 0 radical (unpaired) electrons. The number of nitriles is 3. The van der Waals surface area contributed by atoms with Crippen molar-refractivity contribution in [1.82, 2.24) is 4.90 Å². The van der Waals surface area contributed by atoms with Crippen LogP contribution in [0, 0.1) is 45.3 Å². The van der Waals surface area contributed by atoms with Crippen LogP contribution in [0.5, 0.6) is 11.5 Å². The smallest absolute Gasteiger partial charge is 0.231 e. The van der Waals surface area contributed by atoms with Crippen molar-refractivity contribution >= 4 is 0 Å². The summed E-state index contributed by atoms with van der Waals surface area (Å²) in [4.78, 5) is 2.28. The van der Waals surface area contributed by atoms with Crippen molar-refractivity contribution in [2.75, 3.05) is 26.4 Å². The second-order valence-corrected chi connectivity index (χ2v) is 7.55. The molecule has 7 nitrogen and oxygen atoms in total. The summed E-state index contributed by atoms with van der Waals surface area (Å²) in [5, 5.41) is 30.0. The molecular formula is C22H21N5O2. The van der Waals surface area contributed by atoms with Gasteiger partial charge in [-0.05, 0) is 36.2 Å². The van der Waals surface area contributed by atoms with E-state index in [1.54, 1.807) is 6.07 Å². The summed E-state index contributed by atoms with van der Waals surface area (Å²) >= 11 is 0. The van der Waals surface area contributed by atoms with Gasteiger partial charge >= 0.3 is 0 Å². The summed E-state index contributed by atoms with van der Waals surface area (Å²) in [6.45, 7) is 4.54. The lowest BCUT2D eigenvalue weighted by Gasteiger charge is -2.45. The van der Waals surface area contributed by atoms with E-state index in [1.165, 1.54) is 0 Å². The third-order valence-corrected chi connectivity index (χ3v) is 6.04. The Hall–Kier alpha value is -3.47. The number of rotatable bonds is 3. The van der Waals surface area contributed by atoms with Crippen LogP contribution in [0.4, 0.5) is 0 Å². The van der Waals surface area contributed by atoms with Gasteiger partial charge in [0.2, 0.25) is 6.79 Å². The fourth-order valence-corrected chi connectivity index (χ4v) is 4.72. The van der Waals surface area contributed by atoms with E-state index in [0.717, 1.165) is 30.6 Å². The maximum atomic E-state index is 10.1. The average Bonchev–Trinajstić information content (AvgIpc) is 3.21. The number of nitrogens with zero attached hydrogens (tertiary/aromatic N) is 4. The maximum Gasteiger partial charge on any atom is 0.231 e. The van der Waals surface area contributed by atoms with Crippen LogP contribution in [0.25, 0.3) is 0 Å². The zero-order valence-electron chi connectivity index (χ0n) is 16.2.